The van der Waals surface area contributed by atoms with Gasteiger partial charge in [-0.25, -0.2) is 0 Å². The van der Waals surface area contributed by atoms with Crippen molar-refractivity contribution in [2.45, 2.75) is 25.4 Å². The summed E-state index contributed by atoms with van der Waals surface area (Å²) < 4.78 is 1.75. The maximum atomic E-state index is 13.5. The van der Waals surface area contributed by atoms with Crippen molar-refractivity contribution >= 4 is 17.2 Å². The highest BCUT2D eigenvalue weighted by Crippen LogP contribution is 2.31. The Kier molecular flexibility index (Phi) is 4.97. The van der Waals surface area contributed by atoms with Gasteiger partial charge in [0.25, 0.3) is 5.91 Å². The minimum absolute atomic E-state index is 0.124. The minimum atomic E-state index is 0.124. The molecule has 0 spiro atoms. The van der Waals surface area contributed by atoms with E-state index < -0.39 is 0 Å². The molecule has 5 nitrogen and oxygen atoms in total. The number of hydrogen-bond donors (Lipinski definition) is 0. The van der Waals surface area contributed by atoms with Crippen LogP contribution in [0.25, 0.3) is 10.6 Å². The Morgan fingerprint density at radius 2 is 1.97 bits per heavy atom. The van der Waals surface area contributed by atoms with E-state index in [1.807, 2.05) is 24.6 Å². The molecule has 3 fully saturated rings. The molecule has 2 atom stereocenters. The Morgan fingerprint density at radius 1 is 1.10 bits per heavy atom. The molecule has 0 unspecified atom stereocenters. The number of carbonyl (C=O) groups excluding carboxylic acids is 1. The van der Waals surface area contributed by atoms with Gasteiger partial charge in [-0.05, 0) is 41.8 Å². The number of hydrogen-bond acceptors (Lipinski definition) is 4. The summed E-state index contributed by atoms with van der Waals surface area (Å²) in [6.45, 7) is 3.84. The molecule has 6 rings (SSSR count). The molecule has 1 aromatic carbocycles. The molecule has 6 heteroatoms. The highest BCUT2D eigenvalue weighted by molar-refractivity contribution is 7.13. The van der Waals surface area contributed by atoms with Gasteiger partial charge in [0, 0.05) is 39.3 Å². The zero-order chi connectivity index (χ0) is 19.8. The first-order chi connectivity index (χ1) is 14.2. The van der Waals surface area contributed by atoms with Gasteiger partial charge in [0.05, 0.1) is 4.88 Å². The minimum Gasteiger partial charge on any atom is -0.333 e. The zero-order valence-corrected chi connectivity index (χ0v) is 17.5. The lowest BCUT2D eigenvalue weighted by atomic mass is 9.94. The van der Waals surface area contributed by atoms with Crippen molar-refractivity contribution in [3.8, 4) is 10.6 Å². The number of rotatable bonds is 4. The van der Waals surface area contributed by atoms with Gasteiger partial charge in [0.2, 0.25) is 0 Å². The summed E-state index contributed by atoms with van der Waals surface area (Å²) in [6, 6.07) is 17.0. The maximum absolute atomic E-state index is 13.5. The molecule has 29 heavy (non-hydrogen) atoms. The molecular weight excluding hydrogens is 380 g/mol. The topological polar surface area (TPSA) is 41.4 Å². The second-order valence-electron chi connectivity index (χ2n) is 8.25. The van der Waals surface area contributed by atoms with Crippen molar-refractivity contribution in [1.29, 1.82) is 0 Å². The number of amides is 1. The molecule has 2 aromatic heterocycles. The van der Waals surface area contributed by atoms with Crippen LogP contribution in [0.5, 0.6) is 0 Å². The number of aryl methyl sites for hydroxylation is 1. The van der Waals surface area contributed by atoms with Crippen LogP contribution in [-0.4, -0.2) is 51.2 Å². The van der Waals surface area contributed by atoms with Crippen LogP contribution in [0.4, 0.5) is 0 Å². The fraction of sp³-hybridized carbons (Fsp3) is 0.391. The summed E-state index contributed by atoms with van der Waals surface area (Å²) in [5.74, 6) is 0.672. The van der Waals surface area contributed by atoms with Crippen molar-refractivity contribution in [2.75, 3.05) is 19.6 Å². The van der Waals surface area contributed by atoms with Crippen molar-refractivity contribution in [1.82, 2.24) is 19.6 Å². The van der Waals surface area contributed by atoms with Crippen LogP contribution in [0.3, 0.4) is 0 Å². The molecule has 3 aromatic rings. The molecule has 0 aliphatic carbocycles. The molecule has 0 saturated carbocycles. The lowest BCUT2D eigenvalue weighted by molar-refractivity contribution is 0.0573. The predicted molar refractivity (Wildman–Crippen MR) is 116 cm³/mol. The number of carbonyl (C=O) groups is 1. The summed E-state index contributed by atoms with van der Waals surface area (Å²) in [6.07, 6.45) is 2.31. The first-order valence-electron chi connectivity index (χ1n) is 10.3. The van der Waals surface area contributed by atoms with Crippen LogP contribution in [0, 0.1) is 5.92 Å². The van der Waals surface area contributed by atoms with Crippen LogP contribution in [-0.2, 0) is 13.6 Å². The van der Waals surface area contributed by atoms with E-state index in [2.05, 4.69) is 51.3 Å². The number of aromatic nitrogens is 2. The van der Waals surface area contributed by atoms with E-state index in [9.17, 15) is 4.79 Å². The lowest BCUT2D eigenvalue weighted by Gasteiger charge is -2.36. The number of thiophene rings is 1. The van der Waals surface area contributed by atoms with Crippen molar-refractivity contribution in [2.24, 2.45) is 13.0 Å². The number of piperidine rings is 1. The summed E-state index contributed by atoms with van der Waals surface area (Å²) in [7, 11) is 1.88. The van der Waals surface area contributed by atoms with Crippen molar-refractivity contribution < 1.29 is 4.79 Å². The van der Waals surface area contributed by atoms with E-state index in [0.717, 1.165) is 43.2 Å². The lowest BCUT2D eigenvalue weighted by Crippen LogP contribution is -2.47. The smallest absolute Gasteiger partial charge is 0.272 e. The van der Waals surface area contributed by atoms with E-state index in [4.69, 9.17) is 0 Å². The molecule has 2 bridgehead atoms. The van der Waals surface area contributed by atoms with Crippen LogP contribution in [0.1, 0.15) is 28.9 Å². The third kappa shape index (κ3) is 3.74. The molecule has 150 valence electrons. The van der Waals surface area contributed by atoms with Crippen LogP contribution in [0.15, 0.2) is 53.9 Å². The van der Waals surface area contributed by atoms with E-state index in [1.54, 1.807) is 16.0 Å². The monoisotopic (exact) mass is 406 g/mol. The van der Waals surface area contributed by atoms with Crippen molar-refractivity contribution in [3.05, 3.63) is 65.2 Å². The van der Waals surface area contributed by atoms with E-state index in [1.165, 1.54) is 12.0 Å². The van der Waals surface area contributed by atoms with Gasteiger partial charge in [-0.15, -0.1) is 11.3 Å². The Labute approximate surface area is 175 Å². The summed E-state index contributed by atoms with van der Waals surface area (Å²) >= 11 is 1.65. The number of fused-ring (bicyclic) bond motifs is 4. The van der Waals surface area contributed by atoms with Crippen LogP contribution < -0.4 is 0 Å². The Bertz CT molecular complexity index is 982. The fourth-order valence-electron chi connectivity index (χ4n) is 4.76. The van der Waals surface area contributed by atoms with E-state index in [0.29, 0.717) is 11.6 Å². The molecule has 5 heterocycles. The molecule has 0 radical (unpaired) electrons. The van der Waals surface area contributed by atoms with Crippen LogP contribution >= 0.6 is 11.3 Å². The van der Waals surface area contributed by atoms with Crippen molar-refractivity contribution in [3.63, 3.8) is 0 Å². The number of nitrogens with zero attached hydrogens (tertiary/aromatic N) is 4. The molecule has 1 amide bonds. The van der Waals surface area contributed by atoms with Gasteiger partial charge < -0.3 is 4.90 Å². The highest BCUT2D eigenvalue weighted by Gasteiger charge is 2.38. The molecule has 0 N–H and O–H groups in total. The summed E-state index contributed by atoms with van der Waals surface area (Å²) in [5.41, 5.74) is 2.92. The Balaban J connectivity index is 1.35. The summed E-state index contributed by atoms with van der Waals surface area (Å²) in [5, 5.41) is 6.64. The standard InChI is InChI=1S/C23H26N4OS/c1-25-21(12-20(24-25)22-8-5-11-29-22)23(28)27-15-18-9-10-19(27)16-26(14-18)13-17-6-3-2-4-7-17/h2-8,11-12,18-19H,9-10,13-16H2,1H3/t18-,19+/m1/s1. The first kappa shape index (κ1) is 18.6. The van der Waals surface area contributed by atoms with Gasteiger partial charge in [-0.1, -0.05) is 36.4 Å². The zero-order valence-electron chi connectivity index (χ0n) is 16.7. The summed E-state index contributed by atoms with van der Waals surface area (Å²) in [4.78, 5) is 19.2. The highest BCUT2D eigenvalue weighted by atomic mass is 32.1. The maximum Gasteiger partial charge on any atom is 0.272 e. The predicted octanol–water partition coefficient (Wildman–Crippen LogP) is 3.89. The first-order valence-corrected chi connectivity index (χ1v) is 11.2. The van der Waals surface area contributed by atoms with Gasteiger partial charge >= 0.3 is 0 Å². The normalized spacial score (nSPS) is 22.0. The second-order valence-corrected chi connectivity index (χ2v) is 9.20. The van der Waals surface area contributed by atoms with E-state index >= 15 is 0 Å². The molecular formula is C23H26N4OS. The van der Waals surface area contributed by atoms with Gasteiger partial charge in [-0.2, -0.15) is 5.10 Å². The third-order valence-electron chi connectivity index (χ3n) is 6.17. The van der Waals surface area contributed by atoms with Gasteiger partial charge in [-0.3, -0.25) is 14.4 Å². The number of benzene rings is 1. The SMILES string of the molecule is Cn1nc(-c2cccs2)cc1C(=O)N1C[C@@H]2CC[C@H]1CN(Cc1ccccc1)C2. The van der Waals surface area contributed by atoms with Gasteiger partial charge in [0.15, 0.2) is 0 Å². The average Bonchev–Trinajstić information content (AvgIpc) is 3.31. The molecule has 3 aliphatic rings. The fourth-order valence-corrected chi connectivity index (χ4v) is 5.44. The Morgan fingerprint density at radius 3 is 2.76 bits per heavy atom. The largest absolute Gasteiger partial charge is 0.333 e. The Hall–Kier alpha value is -2.44. The molecule has 3 saturated heterocycles. The molecule has 3 aliphatic heterocycles. The van der Waals surface area contributed by atoms with E-state index in [-0.39, 0.29) is 11.9 Å². The average molecular weight is 407 g/mol. The van der Waals surface area contributed by atoms with Gasteiger partial charge in [0.1, 0.15) is 11.4 Å². The quantitative estimate of drug-likeness (QED) is 0.660. The third-order valence-corrected chi connectivity index (χ3v) is 7.06. The second kappa shape index (κ2) is 7.76. The van der Waals surface area contributed by atoms with Crippen LogP contribution in [0.2, 0.25) is 0 Å².